The molecule has 11 heteroatoms. The van der Waals surface area contributed by atoms with E-state index in [4.69, 9.17) is 27.9 Å². The highest BCUT2D eigenvalue weighted by atomic mass is 35.5. The summed E-state index contributed by atoms with van der Waals surface area (Å²) in [4.78, 5) is 23.5. The van der Waals surface area contributed by atoms with Gasteiger partial charge >= 0.3 is 0 Å². The van der Waals surface area contributed by atoms with Gasteiger partial charge in [0.25, 0.3) is 11.4 Å². The summed E-state index contributed by atoms with van der Waals surface area (Å²) < 4.78 is 5.67. The molecule has 0 saturated heterocycles. The Morgan fingerprint density at radius 1 is 1.03 bits per heavy atom. The first-order valence-corrected chi connectivity index (χ1v) is 13.5. The molecule has 3 aromatic carbocycles. The van der Waals surface area contributed by atoms with Crippen molar-refractivity contribution < 1.29 is 14.6 Å². The van der Waals surface area contributed by atoms with Crippen LogP contribution in [-0.2, 0) is 0 Å². The highest BCUT2D eigenvalue weighted by Gasteiger charge is 2.52. The third-order valence-corrected chi connectivity index (χ3v) is 9.42. The van der Waals surface area contributed by atoms with E-state index in [0.717, 1.165) is 11.1 Å². The number of hydrogen-bond acceptors (Lipinski definition) is 7. The van der Waals surface area contributed by atoms with Crippen molar-refractivity contribution in [2.24, 2.45) is 5.92 Å². The van der Waals surface area contributed by atoms with Crippen LogP contribution in [0.3, 0.4) is 0 Å². The van der Waals surface area contributed by atoms with E-state index in [-0.39, 0.29) is 34.5 Å². The fourth-order valence-electron chi connectivity index (χ4n) is 5.48. The normalized spacial score (nSPS) is 24.0. The first-order valence-electron chi connectivity index (χ1n) is 11.8. The van der Waals surface area contributed by atoms with E-state index in [1.165, 1.54) is 23.9 Å². The van der Waals surface area contributed by atoms with Crippen molar-refractivity contribution in [2.45, 2.75) is 40.8 Å². The van der Waals surface area contributed by atoms with Crippen LogP contribution >= 0.6 is 35.0 Å². The average molecular weight is 560 g/mol. The maximum absolute atomic E-state index is 12.1. The van der Waals surface area contributed by atoms with E-state index >= 15 is 0 Å². The van der Waals surface area contributed by atoms with E-state index in [1.54, 1.807) is 24.3 Å². The molecule has 8 nitrogen and oxygen atoms in total. The molecule has 1 N–H and O–H groups in total. The SMILES string of the molecule is CCOc1cc2c(c([N+](=O)[O-])c1)N[C@H](c1ccccc1Cl)[C@@H]1C[C@@H](Sc3ccccc3[N+](=O)[O-])[C@@H](Cl)[C@H]21. The Labute approximate surface area is 227 Å². The van der Waals surface area contributed by atoms with Crippen LogP contribution < -0.4 is 10.1 Å². The summed E-state index contributed by atoms with van der Waals surface area (Å²) >= 11 is 15.1. The van der Waals surface area contributed by atoms with Crippen LogP contribution in [0, 0.1) is 26.1 Å². The topological polar surface area (TPSA) is 108 Å². The van der Waals surface area contributed by atoms with Crippen molar-refractivity contribution in [2.75, 3.05) is 11.9 Å². The monoisotopic (exact) mass is 559 g/mol. The predicted molar refractivity (Wildman–Crippen MR) is 145 cm³/mol. The lowest BCUT2D eigenvalue weighted by Gasteiger charge is -2.38. The standard InChI is InChI=1S/C26H23Cl2N3O5S/c1-2-36-14-11-16-23-17(13-22(24(23)28)37-21-10-6-5-9-19(21)30(32)33)25(15-7-3-4-8-18(15)27)29-26(16)20(12-14)31(34)35/h3-12,17,22-25,29H,2,13H2,1H3/t17-,22-,23-,24-,25-/m1/s1. The molecule has 0 radical (unpaired) electrons. The number of anilines is 1. The van der Waals surface area contributed by atoms with Gasteiger partial charge in [-0.3, -0.25) is 20.2 Å². The number of thioether (sulfide) groups is 1. The number of alkyl halides is 1. The summed E-state index contributed by atoms with van der Waals surface area (Å²) in [5.41, 5.74) is 1.89. The second-order valence-corrected chi connectivity index (χ2v) is 11.2. The molecule has 1 aliphatic heterocycles. The van der Waals surface area contributed by atoms with E-state index in [9.17, 15) is 20.2 Å². The summed E-state index contributed by atoms with van der Waals surface area (Å²) in [6.07, 6.45) is 0.630. The molecule has 1 heterocycles. The van der Waals surface area contributed by atoms with Gasteiger partial charge in [-0.15, -0.1) is 23.4 Å². The molecule has 1 fully saturated rings. The van der Waals surface area contributed by atoms with Crippen LogP contribution in [0.15, 0.2) is 65.6 Å². The first-order chi connectivity index (χ1) is 17.8. The van der Waals surface area contributed by atoms with Crippen LogP contribution in [0.5, 0.6) is 5.75 Å². The summed E-state index contributed by atoms with van der Waals surface area (Å²) in [6.45, 7) is 2.18. The lowest BCUT2D eigenvalue weighted by molar-refractivity contribution is -0.387. The fourth-order valence-corrected chi connectivity index (χ4v) is 7.67. The van der Waals surface area contributed by atoms with E-state index in [2.05, 4.69) is 5.32 Å². The summed E-state index contributed by atoms with van der Waals surface area (Å²) in [5.74, 6) is 0.0774. The summed E-state index contributed by atoms with van der Waals surface area (Å²) in [6, 6.07) is 17.0. The Hall–Kier alpha value is -3.01. The minimum atomic E-state index is -0.447. The molecular weight excluding hydrogens is 537 g/mol. The molecule has 1 saturated carbocycles. The minimum Gasteiger partial charge on any atom is -0.494 e. The van der Waals surface area contributed by atoms with Gasteiger partial charge in [-0.1, -0.05) is 41.9 Å². The lowest BCUT2D eigenvalue weighted by Crippen LogP contribution is -2.31. The molecule has 0 spiro atoms. The number of para-hydroxylation sites is 1. The number of nitro benzene ring substituents is 2. The van der Waals surface area contributed by atoms with Crippen LogP contribution in [0.1, 0.15) is 36.4 Å². The van der Waals surface area contributed by atoms with Crippen molar-refractivity contribution in [3.8, 4) is 5.75 Å². The molecule has 0 bridgehead atoms. The van der Waals surface area contributed by atoms with Crippen LogP contribution in [0.2, 0.25) is 5.02 Å². The molecule has 5 atom stereocenters. The number of benzene rings is 3. The van der Waals surface area contributed by atoms with Gasteiger partial charge in [0.1, 0.15) is 11.4 Å². The molecule has 37 heavy (non-hydrogen) atoms. The third kappa shape index (κ3) is 4.71. The Balaban J connectivity index is 1.63. The predicted octanol–water partition coefficient (Wildman–Crippen LogP) is 7.59. The third-order valence-electron chi connectivity index (χ3n) is 6.96. The zero-order valence-electron chi connectivity index (χ0n) is 19.7. The number of nitrogens with one attached hydrogen (secondary N) is 1. The largest absolute Gasteiger partial charge is 0.494 e. The Morgan fingerprint density at radius 3 is 2.43 bits per heavy atom. The quantitative estimate of drug-likeness (QED) is 0.180. The van der Waals surface area contributed by atoms with Gasteiger partial charge < -0.3 is 10.1 Å². The minimum absolute atomic E-state index is 0.0293. The van der Waals surface area contributed by atoms with Gasteiger partial charge in [0.2, 0.25) is 0 Å². The maximum Gasteiger partial charge on any atom is 0.296 e. The maximum atomic E-state index is 12.1. The van der Waals surface area contributed by atoms with Crippen LogP contribution in [0.25, 0.3) is 0 Å². The van der Waals surface area contributed by atoms with Gasteiger partial charge in [0.05, 0.1) is 38.8 Å². The molecule has 0 amide bonds. The molecule has 192 valence electrons. The zero-order valence-corrected chi connectivity index (χ0v) is 22.0. The van der Waals surface area contributed by atoms with Gasteiger partial charge in [-0.05, 0) is 48.6 Å². The number of hydrogen-bond donors (Lipinski definition) is 1. The average Bonchev–Trinajstić information content (AvgIpc) is 3.20. The molecule has 0 aromatic heterocycles. The molecule has 0 unspecified atom stereocenters. The second kappa shape index (κ2) is 10.4. The summed E-state index contributed by atoms with van der Waals surface area (Å²) in [7, 11) is 0. The number of nitrogens with zero attached hydrogens (tertiary/aromatic N) is 2. The van der Waals surface area contributed by atoms with Gasteiger partial charge in [-0.2, -0.15) is 0 Å². The van der Waals surface area contributed by atoms with E-state index < -0.39 is 15.2 Å². The summed E-state index contributed by atoms with van der Waals surface area (Å²) in [5, 5.41) is 27.1. The van der Waals surface area contributed by atoms with Crippen molar-refractivity contribution >= 4 is 52.0 Å². The van der Waals surface area contributed by atoms with Crippen LogP contribution in [0.4, 0.5) is 17.1 Å². The van der Waals surface area contributed by atoms with Crippen molar-refractivity contribution in [3.05, 3.63) is 97.0 Å². The number of ether oxygens (including phenoxy) is 1. The van der Waals surface area contributed by atoms with Gasteiger partial charge in [0, 0.05) is 22.3 Å². The molecule has 5 rings (SSSR count). The molecule has 3 aromatic rings. The van der Waals surface area contributed by atoms with Crippen molar-refractivity contribution in [1.82, 2.24) is 0 Å². The number of rotatable bonds is 7. The second-order valence-electron chi connectivity index (χ2n) is 8.99. The van der Waals surface area contributed by atoms with Gasteiger partial charge in [0.15, 0.2) is 0 Å². The van der Waals surface area contributed by atoms with Crippen molar-refractivity contribution in [1.29, 1.82) is 0 Å². The molecule has 2 aliphatic rings. The Bertz CT molecular complexity index is 1370. The lowest BCUT2D eigenvalue weighted by atomic mass is 9.77. The zero-order chi connectivity index (χ0) is 26.3. The molecule has 1 aliphatic carbocycles. The number of halogens is 2. The highest BCUT2D eigenvalue weighted by Crippen LogP contribution is 2.60. The fraction of sp³-hybridized carbons (Fsp3) is 0.308. The molecular formula is C26H23Cl2N3O5S. The smallest absolute Gasteiger partial charge is 0.296 e. The Morgan fingerprint density at radius 2 is 1.73 bits per heavy atom. The van der Waals surface area contributed by atoms with Crippen LogP contribution in [-0.4, -0.2) is 27.1 Å². The number of nitro groups is 2. The van der Waals surface area contributed by atoms with Gasteiger partial charge in [-0.25, -0.2) is 0 Å². The van der Waals surface area contributed by atoms with E-state index in [1.807, 2.05) is 31.2 Å². The number of fused-ring (bicyclic) bond motifs is 3. The Kier molecular flexibility index (Phi) is 7.20. The highest BCUT2D eigenvalue weighted by molar-refractivity contribution is 8.00. The van der Waals surface area contributed by atoms with Crippen molar-refractivity contribution in [3.63, 3.8) is 0 Å². The first kappa shape index (κ1) is 25.6. The van der Waals surface area contributed by atoms with E-state index in [0.29, 0.717) is 34.4 Å².